The third-order valence-electron chi connectivity index (χ3n) is 3.69. The minimum Gasteiger partial charge on any atom is -0.381 e. The van der Waals surface area contributed by atoms with Gasteiger partial charge in [0, 0.05) is 37.6 Å². The van der Waals surface area contributed by atoms with E-state index < -0.39 is 0 Å². The summed E-state index contributed by atoms with van der Waals surface area (Å²) in [6.45, 7) is 3.48. The first-order valence-electron chi connectivity index (χ1n) is 7.26. The first-order valence-corrected chi connectivity index (χ1v) is 7.26. The average molecular weight is 271 g/mol. The summed E-state index contributed by atoms with van der Waals surface area (Å²) in [5.74, 6) is 0. The summed E-state index contributed by atoms with van der Waals surface area (Å²) >= 11 is 0. The molecule has 0 spiro atoms. The summed E-state index contributed by atoms with van der Waals surface area (Å²) in [6.07, 6.45) is 6.30. The Morgan fingerprint density at radius 2 is 1.95 bits per heavy atom. The number of aromatic nitrogens is 2. The van der Waals surface area contributed by atoms with Gasteiger partial charge in [-0.2, -0.15) is 5.10 Å². The monoisotopic (exact) mass is 271 g/mol. The number of benzene rings is 1. The molecule has 106 valence electrons. The van der Waals surface area contributed by atoms with Crippen LogP contribution in [-0.4, -0.2) is 29.0 Å². The first kappa shape index (κ1) is 13.3. The van der Waals surface area contributed by atoms with Gasteiger partial charge in [0.1, 0.15) is 0 Å². The normalized spacial score (nSPS) is 16.4. The van der Waals surface area contributed by atoms with E-state index in [9.17, 15) is 0 Å². The molecule has 1 aliphatic rings. The lowest BCUT2D eigenvalue weighted by Crippen LogP contribution is -2.34. The van der Waals surface area contributed by atoms with Gasteiger partial charge in [0.15, 0.2) is 0 Å². The zero-order chi connectivity index (χ0) is 13.6. The number of rotatable bonds is 5. The highest BCUT2D eigenvalue weighted by Gasteiger charge is 2.12. The van der Waals surface area contributed by atoms with Gasteiger partial charge in [-0.1, -0.05) is 30.3 Å². The number of ether oxygens (including phenoxy) is 1. The SMILES string of the molecule is c1ccc(Cn2cc(CNC3CCOCC3)cn2)cc1. The van der Waals surface area contributed by atoms with Gasteiger partial charge < -0.3 is 10.1 Å². The summed E-state index contributed by atoms with van der Waals surface area (Å²) in [6, 6.07) is 11.0. The van der Waals surface area contributed by atoms with Crippen molar-refractivity contribution in [2.24, 2.45) is 0 Å². The molecular weight excluding hydrogens is 250 g/mol. The van der Waals surface area contributed by atoms with E-state index >= 15 is 0 Å². The van der Waals surface area contributed by atoms with Crippen LogP contribution in [0.2, 0.25) is 0 Å². The third kappa shape index (κ3) is 3.68. The molecule has 2 aromatic rings. The molecule has 1 fully saturated rings. The molecule has 4 heteroatoms. The molecule has 0 amide bonds. The Balaban J connectivity index is 1.51. The predicted octanol–water partition coefficient (Wildman–Crippen LogP) is 2.20. The maximum atomic E-state index is 5.37. The zero-order valence-electron chi connectivity index (χ0n) is 11.7. The molecule has 0 saturated carbocycles. The van der Waals surface area contributed by atoms with Crippen LogP contribution in [0.15, 0.2) is 42.7 Å². The van der Waals surface area contributed by atoms with Crippen LogP contribution in [0.4, 0.5) is 0 Å². The number of nitrogens with zero attached hydrogens (tertiary/aromatic N) is 2. The van der Waals surface area contributed by atoms with Crippen LogP contribution in [0, 0.1) is 0 Å². The van der Waals surface area contributed by atoms with Crippen molar-refractivity contribution in [2.75, 3.05) is 13.2 Å². The van der Waals surface area contributed by atoms with Gasteiger partial charge in [0.2, 0.25) is 0 Å². The summed E-state index contributed by atoms with van der Waals surface area (Å²) in [5.41, 5.74) is 2.52. The zero-order valence-corrected chi connectivity index (χ0v) is 11.7. The van der Waals surface area contributed by atoms with Crippen LogP contribution in [0.25, 0.3) is 0 Å². The summed E-state index contributed by atoms with van der Waals surface area (Å²) in [7, 11) is 0. The highest BCUT2D eigenvalue weighted by molar-refractivity contribution is 5.15. The fourth-order valence-corrected chi connectivity index (χ4v) is 2.52. The van der Waals surface area contributed by atoms with E-state index in [1.165, 1.54) is 11.1 Å². The molecule has 2 heterocycles. The molecule has 0 bridgehead atoms. The van der Waals surface area contributed by atoms with Gasteiger partial charge in [-0.3, -0.25) is 4.68 Å². The number of hydrogen-bond donors (Lipinski definition) is 1. The molecule has 0 unspecified atom stereocenters. The Labute approximate surface area is 119 Å². The van der Waals surface area contributed by atoms with Gasteiger partial charge in [-0.05, 0) is 18.4 Å². The first-order chi connectivity index (χ1) is 9.90. The fraction of sp³-hybridized carbons (Fsp3) is 0.438. The van der Waals surface area contributed by atoms with Crippen molar-refractivity contribution in [1.29, 1.82) is 0 Å². The van der Waals surface area contributed by atoms with Crippen LogP contribution < -0.4 is 5.32 Å². The van der Waals surface area contributed by atoms with Crippen molar-refractivity contribution in [2.45, 2.75) is 32.0 Å². The predicted molar refractivity (Wildman–Crippen MR) is 78.5 cm³/mol. The van der Waals surface area contributed by atoms with Gasteiger partial charge >= 0.3 is 0 Å². The maximum Gasteiger partial charge on any atom is 0.0659 e. The minimum atomic E-state index is 0.584. The highest BCUT2D eigenvalue weighted by Crippen LogP contribution is 2.08. The van der Waals surface area contributed by atoms with E-state index in [1.54, 1.807) is 0 Å². The largest absolute Gasteiger partial charge is 0.381 e. The van der Waals surface area contributed by atoms with Crippen molar-refractivity contribution in [3.8, 4) is 0 Å². The Morgan fingerprint density at radius 1 is 1.15 bits per heavy atom. The Kier molecular flexibility index (Phi) is 4.46. The Hall–Kier alpha value is -1.65. The van der Waals surface area contributed by atoms with Crippen LogP contribution in [-0.2, 0) is 17.8 Å². The molecule has 1 aliphatic heterocycles. The van der Waals surface area contributed by atoms with Gasteiger partial charge in [-0.15, -0.1) is 0 Å². The number of hydrogen-bond acceptors (Lipinski definition) is 3. The van der Waals surface area contributed by atoms with E-state index in [-0.39, 0.29) is 0 Å². The highest BCUT2D eigenvalue weighted by atomic mass is 16.5. The number of nitrogens with one attached hydrogen (secondary N) is 1. The van der Waals surface area contributed by atoms with Crippen molar-refractivity contribution >= 4 is 0 Å². The van der Waals surface area contributed by atoms with Crippen LogP contribution >= 0.6 is 0 Å². The minimum absolute atomic E-state index is 0.584. The molecule has 0 atom stereocenters. The standard InChI is InChI=1S/C16H21N3O/c1-2-4-14(5-3-1)12-19-13-15(11-18-19)10-17-16-6-8-20-9-7-16/h1-5,11,13,16-17H,6-10,12H2. The maximum absolute atomic E-state index is 5.37. The van der Waals surface area contributed by atoms with Gasteiger partial charge in [-0.25, -0.2) is 0 Å². The third-order valence-corrected chi connectivity index (χ3v) is 3.69. The lowest BCUT2D eigenvalue weighted by Gasteiger charge is -2.22. The second kappa shape index (κ2) is 6.68. The molecule has 4 nitrogen and oxygen atoms in total. The summed E-state index contributed by atoms with van der Waals surface area (Å²) in [5, 5.41) is 8.01. The smallest absolute Gasteiger partial charge is 0.0659 e. The van der Waals surface area contributed by atoms with E-state index in [0.717, 1.165) is 39.1 Å². The van der Waals surface area contributed by atoms with Gasteiger partial charge in [0.25, 0.3) is 0 Å². The van der Waals surface area contributed by atoms with Crippen molar-refractivity contribution < 1.29 is 4.74 Å². The second-order valence-electron chi connectivity index (χ2n) is 5.30. The van der Waals surface area contributed by atoms with Crippen LogP contribution in [0.5, 0.6) is 0 Å². The second-order valence-corrected chi connectivity index (χ2v) is 5.30. The van der Waals surface area contributed by atoms with E-state index in [0.29, 0.717) is 6.04 Å². The van der Waals surface area contributed by atoms with Crippen LogP contribution in [0.3, 0.4) is 0 Å². The summed E-state index contributed by atoms with van der Waals surface area (Å²) < 4.78 is 7.36. The Morgan fingerprint density at radius 3 is 2.75 bits per heavy atom. The van der Waals surface area contributed by atoms with E-state index in [4.69, 9.17) is 4.74 Å². The van der Waals surface area contributed by atoms with Crippen LogP contribution in [0.1, 0.15) is 24.0 Å². The molecule has 20 heavy (non-hydrogen) atoms. The average Bonchev–Trinajstić information content (AvgIpc) is 2.95. The molecular formula is C16H21N3O. The molecule has 1 aromatic carbocycles. The van der Waals surface area contributed by atoms with Crippen molar-refractivity contribution in [3.05, 3.63) is 53.9 Å². The lowest BCUT2D eigenvalue weighted by molar-refractivity contribution is 0.0776. The summed E-state index contributed by atoms with van der Waals surface area (Å²) in [4.78, 5) is 0. The topological polar surface area (TPSA) is 39.1 Å². The molecule has 0 aliphatic carbocycles. The van der Waals surface area contributed by atoms with Crippen molar-refractivity contribution in [1.82, 2.24) is 15.1 Å². The molecule has 1 N–H and O–H groups in total. The molecule has 3 rings (SSSR count). The molecule has 1 saturated heterocycles. The lowest BCUT2D eigenvalue weighted by atomic mass is 10.1. The van der Waals surface area contributed by atoms with Crippen molar-refractivity contribution in [3.63, 3.8) is 0 Å². The molecule has 1 aromatic heterocycles. The Bertz CT molecular complexity index is 518. The quantitative estimate of drug-likeness (QED) is 0.906. The van der Waals surface area contributed by atoms with Gasteiger partial charge in [0.05, 0.1) is 12.7 Å². The molecule has 0 radical (unpaired) electrons. The fourth-order valence-electron chi connectivity index (χ4n) is 2.52. The van der Waals surface area contributed by atoms with E-state index in [2.05, 4.69) is 40.9 Å². The van der Waals surface area contributed by atoms with E-state index in [1.807, 2.05) is 16.9 Å².